The maximum absolute atomic E-state index is 13.2. The fourth-order valence-corrected chi connectivity index (χ4v) is 3.44. The van der Waals surface area contributed by atoms with E-state index in [4.69, 9.17) is 20.5 Å². The average molecular weight is 451 g/mol. The molecule has 0 aliphatic rings. The van der Waals surface area contributed by atoms with Gasteiger partial charge in [0.2, 0.25) is 11.8 Å². The molecule has 0 radical (unpaired) electrons. The van der Waals surface area contributed by atoms with E-state index in [1.165, 1.54) is 11.8 Å². The van der Waals surface area contributed by atoms with Crippen molar-refractivity contribution >= 4 is 46.1 Å². The average Bonchev–Trinajstić information content (AvgIpc) is 3.29. The number of rotatable bonds is 7. The van der Waals surface area contributed by atoms with Crippen LogP contribution in [0, 0.1) is 11.6 Å². The number of aromatic nitrogens is 3. The number of nitrogens with zero attached hydrogens (tertiary/aromatic N) is 3. The van der Waals surface area contributed by atoms with E-state index in [1.807, 2.05) is 0 Å². The van der Waals surface area contributed by atoms with Crippen molar-refractivity contribution in [3.05, 3.63) is 64.8 Å². The first-order chi connectivity index (χ1) is 14.4. The number of fused-ring (bicyclic) bond motifs is 1. The molecule has 0 saturated heterocycles. The number of anilines is 1. The lowest BCUT2D eigenvalue weighted by Gasteiger charge is -2.04. The van der Waals surface area contributed by atoms with Gasteiger partial charge in [0, 0.05) is 29.6 Å². The van der Waals surface area contributed by atoms with Crippen LogP contribution in [0.5, 0.6) is 0 Å². The molecule has 154 valence electrons. The van der Waals surface area contributed by atoms with E-state index >= 15 is 0 Å². The molecular weight excluding hydrogens is 438 g/mol. The highest BCUT2D eigenvalue weighted by Crippen LogP contribution is 2.27. The van der Waals surface area contributed by atoms with Crippen molar-refractivity contribution in [2.45, 2.75) is 23.8 Å². The second kappa shape index (κ2) is 8.80. The lowest BCUT2D eigenvalue weighted by atomic mass is 10.2. The Morgan fingerprint density at radius 2 is 1.93 bits per heavy atom. The molecule has 2 aromatic carbocycles. The van der Waals surface area contributed by atoms with Crippen LogP contribution in [0.25, 0.3) is 11.1 Å². The first-order valence-corrected chi connectivity index (χ1v) is 10.1. The SMILES string of the molecule is O=C(CCc1nc(CSc2nc3cc(Cl)ccc3o2)no1)Nc1cc(F)cc(F)c1. The van der Waals surface area contributed by atoms with Gasteiger partial charge in [-0.3, -0.25) is 4.79 Å². The van der Waals surface area contributed by atoms with Gasteiger partial charge in [0.05, 0.1) is 5.75 Å². The molecule has 0 aliphatic carbocycles. The standard InChI is InChI=1S/C19H13ClF2N4O3S/c20-10-1-2-15-14(5-10)24-19(28-15)30-9-16-25-18(29-26-16)4-3-17(27)23-13-7-11(21)6-12(22)8-13/h1-2,5-8H,3-4,9H2,(H,23,27). The molecule has 0 unspecified atom stereocenters. The zero-order valence-corrected chi connectivity index (χ0v) is 16.8. The summed E-state index contributed by atoms with van der Waals surface area (Å²) in [7, 11) is 0. The van der Waals surface area contributed by atoms with Gasteiger partial charge in [-0.15, -0.1) is 0 Å². The van der Waals surface area contributed by atoms with Crippen LogP contribution in [0.4, 0.5) is 14.5 Å². The number of hydrogen-bond acceptors (Lipinski definition) is 7. The number of carbonyl (C=O) groups excluding carboxylic acids is 1. The number of benzene rings is 2. The smallest absolute Gasteiger partial charge is 0.257 e. The third-order valence-corrected chi connectivity index (χ3v) is 4.94. The Labute approximate surface area is 177 Å². The van der Waals surface area contributed by atoms with Crippen molar-refractivity contribution in [2.75, 3.05) is 5.32 Å². The predicted octanol–water partition coefficient (Wildman–Crippen LogP) is 5.01. The van der Waals surface area contributed by atoms with E-state index in [9.17, 15) is 13.6 Å². The Kier molecular flexibility index (Phi) is 5.96. The molecule has 0 saturated carbocycles. The monoisotopic (exact) mass is 450 g/mol. The zero-order chi connectivity index (χ0) is 21.1. The lowest BCUT2D eigenvalue weighted by Crippen LogP contribution is -2.12. The van der Waals surface area contributed by atoms with Gasteiger partial charge in [-0.05, 0) is 30.3 Å². The maximum Gasteiger partial charge on any atom is 0.257 e. The number of hydrogen-bond donors (Lipinski definition) is 1. The minimum Gasteiger partial charge on any atom is -0.431 e. The largest absolute Gasteiger partial charge is 0.431 e. The van der Waals surface area contributed by atoms with E-state index < -0.39 is 17.5 Å². The molecule has 2 heterocycles. The molecule has 0 bridgehead atoms. The number of halogens is 3. The summed E-state index contributed by atoms with van der Waals surface area (Å²) in [6.07, 6.45) is 0.196. The minimum atomic E-state index is -0.772. The Morgan fingerprint density at radius 3 is 2.73 bits per heavy atom. The fourth-order valence-electron chi connectivity index (χ4n) is 2.59. The van der Waals surface area contributed by atoms with Crippen LogP contribution >= 0.6 is 23.4 Å². The molecule has 4 rings (SSSR count). The van der Waals surface area contributed by atoms with Crippen molar-refractivity contribution in [1.82, 2.24) is 15.1 Å². The quantitative estimate of drug-likeness (QED) is 0.395. The van der Waals surface area contributed by atoms with Crippen LogP contribution in [-0.4, -0.2) is 21.0 Å². The highest BCUT2D eigenvalue weighted by atomic mass is 35.5. The van der Waals surface area contributed by atoms with Crippen LogP contribution in [0.1, 0.15) is 18.1 Å². The van der Waals surface area contributed by atoms with Gasteiger partial charge in [0.15, 0.2) is 11.4 Å². The number of nitrogens with one attached hydrogen (secondary N) is 1. The summed E-state index contributed by atoms with van der Waals surface area (Å²) in [5.74, 6) is -0.922. The Bertz CT molecular complexity index is 1190. The minimum absolute atomic E-state index is 0.0127. The van der Waals surface area contributed by atoms with E-state index in [2.05, 4.69) is 20.4 Å². The van der Waals surface area contributed by atoms with Gasteiger partial charge in [-0.2, -0.15) is 4.98 Å². The van der Waals surface area contributed by atoms with Crippen molar-refractivity contribution in [3.8, 4) is 0 Å². The number of thioether (sulfide) groups is 1. The van der Waals surface area contributed by atoms with E-state index in [1.54, 1.807) is 18.2 Å². The summed E-state index contributed by atoms with van der Waals surface area (Å²) in [6, 6.07) is 7.95. The highest BCUT2D eigenvalue weighted by Gasteiger charge is 2.13. The molecule has 0 spiro atoms. The molecule has 4 aromatic rings. The first kappa shape index (κ1) is 20.3. The highest BCUT2D eigenvalue weighted by molar-refractivity contribution is 7.98. The number of aryl methyl sites for hydroxylation is 1. The summed E-state index contributed by atoms with van der Waals surface area (Å²) in [5.41, 5.74) is 1.32. The summed E-state index contributed by atoms with van der Waals surface area (Å²) in [4.78, 5) is 20.5. The second-order valence-electron chi connectivity index (χ2n) is 6.19. The molecule has 7 nitrogen and oxygen atoms in total. The molecule has 1 N–H and O–H groups in total. The predicted molar refractivity (Wildman–Crippen MR) is 106 cm³/mol. The second-order valence-corrected chi connectivity index (χ2v) is 7.55. The molecule has 1 amide bonds. The van der Waals surface area contributed by atoms with Crippen LogP contribution in [0.2, 0.25) is 5.02 Å². The third-order valence-electron chi connectivity index (χ3n) is 3.88. The molecule has 30 heavy (non-hydrogen) atoms. The van der Waals surface area contributed by atoms with Crippen LogP contribution in [0.15, 0.2) is 50.6 Å². The van der Waals surface area contributed by atoms with Gasteiger partial charge in [-0.1, -0.05) is 28.5 Å². The normalized spacial score (nSPS) is 11.2. The Morgan fingerprint density at radius 1 is 1.13 bits per heavy atom. The third kappa shape index (κ3) is 5.14. The van der Waals surface area contributed by atoms with Gasteiger partial charge >= 0.3 is 0 Å². The molecule has 0 aliphatic heterocycles. The molecular formula is C19H13ClF2N4O3S. The van der Waals surface area contributed by atoms with E-state index in [0.717, 1.165) is 18.2 Å². The first-order valence-electron chi connectivity index (χ1n) is 8.71. The van der Waals surface area contributed by atoms with Crippen molar-refractivity contribution in [1.29, 1.82) is 0 Å². The summed E-state index contributed by atoms with van der Waals surface area (Å²) >= 11 is 7.22. The number of amides is 1. The fraction of sp³-hybridized carbons (Fsp3) is 0.158. The van der Waals surface area contributed by atoms with Crippen LogP contribution in [0.3, 0.4) is 0 Å². The number of oxazole rings is 1. The number of carbonyl (C=O) groups is 1. The van der Waals surface area contributed by atoms with Gasteiger partial charge in [0.1, 0.15) is 17.2 Å². The Hall–Kier alpha value is -2.98. The van der Waals surface area contributed by atoms with E-state index in [0.29, 0.717) is 32.9 Å². The molecule has 0 fully saturated rings. The lowest BCUT2D eigenvalue weighted by molar-refractivity contribution is -0.116. The zero-order valence-electron chi connectivity index (χ0n) is 15.2. The van der Waals surface area contributed by atoms with Crippen LogP contribution < -0.4 is 5.32 Å². The molecule has 0 atom stereocenters. The van der Waals surface area contributed by atoms with Gasteiger partial charge < -0.3 is 14.3 Å². The van der Waals surface area contributed by atoms with Crippen molar-refractivity contribution in [3.63, 3.8) is 0 Å². The summed E-state index contributed by atoms with van der Waals surface area (Å²) in [5, 5.41) is 7.29. The Balaban J connectivity index is 1.28. The maximum atomic E-state index is 13.2. The summed E-state index contributed by atoms with van der Waals surface area (Å²) in [6.45, 7) is 0. The van der Waals surface area contributed by atoms with Crippen LogP contribution in [-0.2, 0) is 17.0 Å². The molecule has 2 aromatic heterocycles. The summed E-state index contributed by atoms with van der Waals surface area (Å²) < 4.78 is 37.1. The van der Waals surface area contributed by atoms with Crippen molar-refractivity contribution < 1.29 is 22.5 Å². The van der Waals surface area contributed by atoms with E-state index in [-0.39, 0.29) is 24.4 Å². The molecule has 11 heteroatoms. The van der Waals surface area contributed by atoms with Gasteiger partial charge in [0.25, 0.3) is 5.22 Å². The van der Waals surface area contributed by atoms with Gasteiger partial charge in [-0.25, -0.2) is 13.8 Å². The topological polar surface area (TPSA) is 94.0 Å². The van der Waals surface area contributed by atoms with Crippen molar-refractivity contribution in [2.24, 2.45) is 0 Å².